The molecule has 0 aromatic carbocycles. The van der Waals surface area contributed by atoms with Gasteiger partial charge in [-0.2, -0.15) is 9.97 Å². The lowest BCUT2D eigenvalue weighted by molar-refractivity contribution is -0.110. The molecule has 1 saturated heterocycles. The lowest BCUT2D eigenvalue weighted by atomic mass is 10.1. The fourth-order valence-corrected chi connectivity index (χ4v) is 2.29. The molecular formula is C10H14N6O4. The highest BCUT2D eigenvalue weighted by molar-refractivity contribution is 5.82. The van der Waals surface area contributed by atoms with Gasteiger partial charge in [0.1, 0.15) is 17.7 Å². The van der Waals surface area contributed by atoms with E-state index in [1.165, 1.54) is 10.9 Å². The SMILES string of the molecule is Nc1nc(N)c2ncn(C3(O)COC(CO)C3O)c2n1. The first-order valence-corrected chi connectivity index (χ1v) is 5.87. The standard InChI is InChI=1S/C10H14N6O4/c11-7-5-8(15-9(12)14-7)16(3-13-5)10(19)2-20-4(1-17)6(10)18/h3-4,6,17-19H,1-2H2,(H4,11,12,14,15). The average Bonchev–Trinajstić information content (AvgIpc) is 2.94. The number of hydrogen-bond acceptors (Lipinski definition) is 9. The number of nitrogen functional groups attached to an aromatic ring is 2. The quantitative estimate of drug-likeness (QED) is 0.396. The smallest absolute Gasteiger partial charge is 0.224 e. The van der Waals surface area contributed by atoms with Crippen molar-refractivity contribution >= 4 is 22.9 Å². The van der Waals surface area contributed by atoms with Crippen molar-refractivity contribution in [2.75, 3.05) is 24.7 Å². The molecule has 0 amide bonds. The number of aliphatic hydroxyl groups excluding tert-OH is 2. The molecule has 10 nitrogen and oxygen atoms in total. The van der Waals surface area contributed by atoms with Crippen LogP contribution in [0.4, 0.5) is 11.8 Å². The molecule has 0 bridgehead atoms. The van der Waals surface area contributed by atoms with Crippen molar-refractivity contribution in [1.82, 2.24) is 19.5 Å². The molecular weight excluding hydrogens is 268 g/mol. The van der Waals surface area contributed by atoms with Gasteiger partial charge in [0.25, 0.3) is 0 Å². The Balaban J connectivity index is 2.15. The second kappa shape index (κ2) is 4.24. The molecule has 3 rings (SSSR count). The molecule has 1 fully saturated rings. The third-order valence-electron chi connectivity index (χ3n) is 3.37. The number of aromatic nitrogens is 4. The van der Waals surface area contributed by atoms with E-state index in [1.54, 1.807) is 0 Å². The van der Waals surface area contributed by atoms with E-state index in [2.05, 4.69) is 15.0 Å². The molecule has 10 heteroatoms. The summed E-state index contributed by atoms with van der Waals surface area (Å²) >= 11 is 0. The van der Waals surface area contributed by atoms with Crippen LogP contribution in [0.25, 0.3) is 11.2 Å². The number of aliphatic hydroxyl groups is 3. The zero-order valence-corrected chi connectivity index (χ0v) is 10.3. The van der Waals surface area contributed by atoms with Gasteiger partial charge >= 0.3 is 0 Å². The third kappa shape index (κ3) is 1.63. The van der Waals surface area contributed by atoms with E-state index in [0.29, 0.717) is 0 Å². The summed E-state index contributed by atoms with van der Waals surface area (Å²) in [4.78, 5) is 11.7. The van der Waals surface area contributed by atoms with Crippen molar-refractivity contribution in [3.63, 3.8) is 0 Å². The summed E-state index contributed by atoms with van der Waals surface area (Å²) in [5.74, 6) is -0.00516. The van der Waals surface area contributed by atoms with E-state index in [9.17, 15) is 10.2 Å². The molecule has 1 aliphatic rings. The van der Waals surface area contributed by atoms with E-state index in [4.69, 9.17) is 21.3 Å². The lowest BCUT2D eigenvalue weighted by Gasteiger charge is -2.27. The maximum absolute atomic E-state index is 10.6. The van der Waals surface area contributed by atoms with Gasteiger partial charge in [0, 0.05) is 0 Å². The molecule has 2 aromatic heterocycles. The molecule has 3 heterocycles. The number of ether oxygens (including phenoxy) is 1. The van der Waals surface area contributed by atoms with Gasteiger partial charge in [-0.05, 0) is 0 Å². The van der Waals surface area contributed by atoms with Gasteiger partial charge in [0.15, 0.2) is 17.2 Å². The molecule has 0 radical (unpaired) electrons. The first-order valence-electron chi connectivity index (χ1n) is 5.87. The molecule has 1 aliphatic heterocycles. The molecule has 3 unspecified atom stereocenters. The number of nitrogens with two attached hydrogens (primary N) is 2. The predicted molar refractivity (Wildman–Crippen MR) is 67.2 cm³/mol. The van der Waals surface area contributed by atoms with E-state index < -0.39 is 24.5 Å². The zero-order valence-electron chi connectivity index (χ0n) is 10.3. The van der Waals surface area contributed by atoms with Gasteiger partial charge in [-0.1, -0.05) is 0 Å². The summed E-state index contributed by atoms with van der Waals surface area (Å²) in [6, 6.07) is 0. The van der Waals surface area contributed by atoms with Gasteiger partial charge < -0.3 is 31.5 Å². The summed E-state index contributed by atoms with van der Waals surface area (Å²) in [7, 11) is 0. The second-order valence-corrected chi connectivity index (χ2v) is 4.61. The van der Waals surface area contributed by atoms with Crippen molar-refractivity contribution < 1.29 is 20.1 Å². The first-order chi connectivity index (χ1) is 9.47. The first kappa shape index (κ1) is 13.0. The molecule has 2 aromatic rings. The topological polar surface area (TPSA) is 166 Å². The Hall–Kier alpha value is -2.01. The van der Waals surface area contributed by atoms with Crippen LogP contribution in [0.3, 0.4) is 0 Å². The fraction of sp³-hybridized carbons (Fsp3) is 0.500. The predicted octanol–water partition coefficient (Wildman–Crippen LogP) is -2.61. The summed E-state index contributed by atoms with van der Waals surface area (Å²) in [5.41, 5.74) is 9.83. The Morgan fingerprint density at radius 1 is 1.45 bits per heavy atom. The van der Waals surface area contributed by atoms with Crippen molar-refractivity contribution in [3.8, 4) is 0 Å². The highest BCUT2D eigenvalue weighted by Gasteiger charge is 2.50. The van der Waals surface area contributed by atoms with Crippen LogP contribution >= 0.6 is 0 Å². The van der Waals surface area contributed by atoms with Crippen LogP contribution in [0.1, 0.15) is 0 Å². The molecule has 0 aliphatic carbocycles. The van der Waals surface area contributed by atoms with Crippen LogP contribution in [0.2, 0.25) is 0 Å². The maximum atomic E-state index is 10.6. The fourth-order valence-electron chi connectivity index (χ4n) is 2.29. The summed E-state index contributed by atoms with van der Waals surface area (Å²) < 4.78 is 6.38. The Morgan fingerprint density at radius 2 is 2.20 bits per heavy atom. The maximum Gasteiger partial charge on any atom is 0.224 e. The van der Waals surface area contributed by atoms with Crippen LogP contribution in [-0.4, -0.2) is 60.3 Å². The van der Waals surface area contributed by atoms with Gasteiger partial charge in [0.05, 0.1) is 19.5 Å². The summed E-state index contributed by atoms with van der Waals surface area (Å²) in [6.45, 7) is -0.649. The Morgan fingerprint density at radius 3 is 2.85 bits per heavy atom. The van der Waals surface area contributed by atoms with Crippen LogP contribution in [0, 0.1) is 0 Å². The van der Waals surface area contributed by atoms with Crippen molar-refractivity contribution in [2.24, 2.45) is 0 Å². The molecule has 108 valence electrons. The number of fused-ring (bicyclic) bond motifs is 1. The zero-order chi connectivity index (χ0) is 14.5. The summed E-state index contributed by atoms with van der Waals surface area (Å²) in [6.07, 6.45) is -0.974. The van der Waals surface area contributed by atoms with Crippen molar-refractivity contribution in [3.05, 3.63) is 6.33 Å². The largest absolute Gasteiger partial charge is 0.394 e. The molecule has 0 spiro atoms. The molecule has 20 heavy (non-hydrogen) atoms. The van der Waals surface area contributed by atoms with Crippen molar-refractivity contribution in [2.45, 2.75) is 17.9 Å². The lowest BCUT2D eigenvalue weighted by Crippen LogP contribution is -2.46. The Kier molecular flexibility index (Phi) is 2.76. The van der Waals surface area contributed by atoms with Gasteiger partial charge in [-0.3, -0.25) is 4.57 Å². The minimum absolute atomic E-state index is 0.0713. The number of anilines is 2. The van der Waals surface area contributed by atoms with Crippen LogP contribution in [0.5, 0.6) is 0 Å². The van der Waals surface area contributed by atoms with E-state index in [1.807, 2.05) is 0 Å². The van der Waals surface area contributed by atoms with Crippen LogP contribution < -0.4 is 11.5 Å². The molecule has 0 saturated carbocycles. The number of rotatable bonds is 2. The minimum Gasteiger partial charge on any atom is -0.394 e. The van der Waals surface area contributed by atoms with Gasteiger partial charge in [0.2, 0.25) is 5.95 Å². The summed E-state index contributed by atoms with van der Waals surface area (Å²) in [5, 5.41) is 29.8. The Bertz CT molecular complexity index is 660. The monoisotopic (exact) mass is 282 g/mol. The van der Waals surface area contributed by atoms with E-state index in [0.717, 1.165) is 0 Å². The minimum atomic E-state index is -1.81. The van der Waals surface area contributed by atoms with E-state index in [-0.39, 0.29) is 29.5 Å². The number of imidazole rings is 1. The third-order valence-corrected chi connectivity index (χ3v) is 3.37. The van der Waals surface area contributed by atoms with Crippen LogP contribution in [-0.2, 0) is 10.5 Å². The van der Waals surface area contributed by atoms with Crippen molar-refractivity contribution in [1.29, 1.82) is 0 Å². The normalized spacial score (nSPS) is 30.1. The average molecular weight is 282 g/mol. The second-order valence-electron chi connectivity index (χ2n) is 4.61. The van der Waals surface area contributed by atoms with Gasteiger partial charge in [-0.15, -0.1) is 0 Å². The number of nitrogens with zero attached hydrogens (tertiary/aromatic N) is 4. The van der Waals surface area contributed by atoms with E-state index >= 15 is 0 Å². The molecule has 7 N–H and O–H groups in total. The molecule has 3 atom stereocenters. The Labute approximate surface area is 112 Å². The van der Waals surface area contributed by atoms with Gasteiger partial charge in [-0.25, -0.2) is 4.98 Å². The highest BCUT2D eigenvalue weighted by atomic mass is 16.5. The number of hydrogen-bond donors (Lipinski definition) is 5. The highest BCUT2D eigenvalue weighted by Crippen LogP contribution is 2.32. The van der Waals surface area contributed by atoms with Crippen LogP contribution in [0.15, 0.2) is 6.33 Å².